The summed E-state index contributed by atoms with van der Waals surface area (Å²) in [6, 6.07) is 0. The third-order valence-electron chi connectivity index (χ3n) is 3.92. The van der Waals surface area contributed by atoms with Gasteiger partial charge in [0, 0.05) is 6.42 Å². The van der Waals surface area contributed by atoms with Gasteiger partial charge in [0.1, 0.15) is 24.2 Å². The van der Waals surface area contributed by atoms with Crippen LogP contribution < -0.4 is 5.73 Å². The number of imidazole rings is 1. The number of aliphatic hydroxyl groups is 1. The largest absolute Gasteiger partial charge is 0.480 e. The maximum Gasteiger partial charge on any atom is 0.345 e. The number of fused-ring (bicyclic) bond motifs is 1. The first-order valence-electron chi connectivity index (χ1n) is 6.55. The average molecular weight is 304 g/mol. The van der Waals surface area contributed by atoms with Gasteiger partial charge in [0.2, 0.25) is 0 Å². The first-order chi connectivity index (χ1) is 10.5. The number of rotatable bonds is 3. The van der Waals surface area contributed by atoms with Crippen molar-refractivity contribution in [2.45, 2.75) is 30.4 Å². The highest BCUT2D eigenvalue weighted by Gasteiger charge is 2.65. The number of carbonyl (C=O) groups is 1. The molecule has 4 N–H and O–H groups in total. The highest BCUT2D eigenvalue weighted by atomic mass is 16.6. The lowest BCUT2D eigenvalue weighted by Crippen LogP contribution is -2.44. The lowest BCUT2D eigenvalue weighted by Gasteiger charge is -2.20. The maximum absolute atomic E-state index is 11.3. The van der Waals surface area contributed by atoms with Gasteiger partial charge < -0.3 is 25.3 Å². The topological polar surface area (TPSA) is 149 Å². The molecule has 1 unspecified atom stereocenters. The van der Waals surface area contributed by atoms with E-state index in [1.54, 1.807) is 4.57 Å². The molecule has 4 rings (SSSR count). The van der Waals surface area contributed by atoms with Crippen LogP contribution >= 0.6 is 0 Å². The second-order valence-corrected chi connectivity index (χ2v) is 5.23. The lowest BCUT2D eigenvalue weighted by molar-refractivity contribution is -0.153. The number of hydrogen-bond acceptors (Lipinski definition) is 8. The number of aromatic nitrogens is 4. The van der Waals surface area contributed by atoms with Crippen molar-refractivity contribution in [1.82, 2.24) is 19.5 Å². The molecule has 0 amide bonds. The number of carboxylic acids is 1. The zero-order chi connectivity index (χ0) is 15.5. The smallest absolute Gasteiger partial charge is 0.345 e. The molecular weight excluding hydrogens is 293 g/mol. The van der Waals surface area contributed by atoms with Gasteiger partial charge in [0.15, 0.2) is 17.0 Å². The van der Waals surface area contributed by atoms with Crippen LogP contribution in [0.4, 0.5) is 5.82 Å². The van der Waals surface area contributed by atoms with Gasteiger partial charge >= 0.3 is 13.5 Å². The molecule has 4 atom stereocenters. The van der Waals surface area contributed by atoms with Gasteiger partial charge in [-0.1, -0.05) is 0 Å². The van der Waals surface area contributed by atoms with Crippen LogP contribution in [-0.2, 0) is 14.2 Å². The van der Waals surface area contributed by atoms with Crippen LogP contribution in [0.5, 0.6) is 0 Å². The molecule has 0 aliphatic carbocycles. The molecule has 2 aliphatic heterocycles. The first-order valence-corrected chi connectivity index (χ1v) is 6.55. The van der Waals surface area contributed by atoms with E-state index in [-0.39, 0.29) is 12.2 Å². The van der Waals surface area contributed by atoms with Crippen LogP contribution in [0, 0.1) is 0 Å². The van der Waals surface area contributed by atoms with Crippen molar-refractivity contribution >= 4 is 30.4 Å². The minimum absolute atomic E-state index is 0.187. The number of nitrogen functional groups attached to an aromatic ring is 1. The van der Waals surface area contributed by atoms with Crippen molar-refractivity contribution in [3.63, 3.8) is 0 Å². The Hall–Kier alpha value is -2.24. The number of carboxylic acid groups (broad SMARTS) is 1. The van der Waals surface area contributed by atoms with Gasteiger partial charge in [0.05, 0.1) is 12.4 Å². The fourth-order valence-electron chi connectivity index (χ4n) is 2.71. The molecule has 2 fully saturated rings. The predicted octanol–water partition coefficient (Wildman–Crippen LogP) is -1.51. The van der Waals surface area contributed by atoms with Gasteiger partial charge in [-0.15, -0.1) is 0 Å². The van der Waals surface area contributed by atoms with Crippen molar-refractivity contribution < 1.29 is 24.4 Å². The summed E-state index contributed by atoms with van der Waals surface area (Å²) in [4.78, 5) is 23.3. The van der Waals surface area contributed by atoms with Crippen LogP contribution in [-0.4, -0.2) is 60.9 Å². The van der Waals surface area contributed by atoms with E-state index in [9.17, 15) is 15.0 Å². The normalized spacial score (nSPS) is 33.8. The Morgan fingerprint density at radius 1 is 1.50 bits per heavy atom. The molecule has 0 saturated carbocycles. The van der Waals surface area contributed by atoms with E-state index in [4.69, 9.17) is 15.1 Å². The van der Waals surface area contributed by atoms with E-state index < -0.39 is 29.9 Å². The Bertz CT molecular complexity index is 762. The average Bonchev–Trinajstić information content (AvgIpc) is 3.02. The zero-order valence-corrected chi connectivity index (χ0v) is 11.2. The highest BCUT2D eigenvalue weighted by Crippen LogP contribution is 2.42. The number of nitrogens with zero attached hydrogens (tertiary/aromatic N) is 4. The Morgan fingerprint density at radius 2 is 2.27 bits per heavy atom. The molecule has 0 aromatic carbocycles. The summed E-state index contributed by atoms with van der Waals surface area (Å²) >= 11 is 0. The minimum atomic E-state index is -1.58. The molecule has 2 aromatic rings. The standard InChI is InChI=1S/C11H11BN5O5/c13-8-6-9(15-2-14-8)17(3-16-6)5-1-4(18)7(21-5)11(10(19)20)12-22-11/h2-5,7,18H,1H2,(H,19,20)(H2,13,14,15)/t4-,5+,7-,11?/m0/s1. The van der Waals surface area contributed by atoms with Gasteiger partial charge in [-0.25, -0.2) is 19.7 Å². The minimum Gasteiger partial charge on any atom is -0.480 e. The third kappa shape index (κ3) is 1.73. The fourth-order valence-corrected chi connectivity index (χ4v) is 2.71. The molecule has 4 heterocycles. The van der Waals surface area contributed by atoms with Crippen LogP contribution in [0.25, 0.3) is 11.2 Å². The summed E-state index contributed by atoms with van der Waals surface area (Å²) < 4.78 is 12.2. The van der Waals surface area contributed by atoms with E-state index in [0.29, 0.717) is 11.2 Å². The molecule has 0 spiro atoms. The molecule has 11 heteroatoms. The Kier molecular flexibility index (Phi) is 2.67. The Morgan fingerprint density at radius 3 is 2.95 bits per heavy atom. The summed E-state index contributed by atoms with van der Waals surface area (Å²) in [5.74, 6) is -0.959. The van der Waals surface area contributed by atoms with E-state index in [1.807, 2.05) is 0 Å². The molecule has 2 aliphatic rings. The van der Waals surface area contributed by atoms with Crippen molar-refractivity contribution in [1.29, 1.82) is 0 Å². The van der Waals surface area contributed by atoms with E-state index in [1.165, 1.54) is 12.7 Å². The second kappa shape index (κ2) is 4.38. The summed E-state index contributed by atoms with van der Waals surface area (Å²) in [6.07, 6.45) is 0.359. The van der Waals surface area contributed by atoms with Crippen LogP contribution in [0.2, 0.25) is 0 Å². The highest BCUT2D eigenvalue weighted by molar-refractivity contribution is 6.51. The fraction of sp³-hybridized carbons (Fsp3) is 0.455. The molecular formula is C11H11BN5O5. The van der Waals surface area contributed by atoms with Gasteiger partial charge in [-0.2, -0.15) is 0 Å². The van der Waals surface area contributed by atoms with Gasteiger partial charge in [-0.05, 0) is 0 Å². The maximum atomic E-state index is 11.3. The molecule has 22 heavy (non-hydrogen) atoms. The predicted molar refractivity (Wildman–Crippen MR) is 71.5 cm³/mol. The number of nitrogens with two attached hydrogens (primary N) is 1. The van der Waals surface area contributed by atoms with Crippen LogP contribution in [0.15, 0.2) is 12.7 Å². The van der Waals surface area contributed by atoms with Crippen LogP contribution in [0.1, 0.15) is 12.6 Å². The van der Waals surface area contributed by atoms with E-state index >= 15 is 0 Å². The molecule has 10 nitrogen and oxygen atoms in total. The summed E-state index contributed by atoms with van der Waals surface area (Å²) in [5.41, 5.74) is 5.01. The summed E-state index contributed by atoms with van der Waals surface area (Å²) in [6.45, 7) is 0. The summed E-state index contributed by atoms with van der Waals surface area (Å²) in [5, 5.41) is 19.3. The third-order valence-corrected chi connectivity index (χ3v) is 3.92. The number of hydrogen-bond donors (Lipinski definition) is 3. The molecule has 113 valence electrons. The lowest BCUT2D eigenvalue weighted by atomic mass is 9.80. The molecule has 1 radical (unpaired) electrons. The van der Waals surface area contributed by atoms with Gasteiger partial charge in [0.25, 0.3) is 0 Å². The number of ether oxygens (including phenoxy) is 1. The SMILES string of the molecule is Nc1ncnc2c1ncn2[C@H]1C[C@H](O)[C@@H](C2(C(=O)O)[B]O2)O1. The number of aliphatic hydroxyl groups excluding tert-OH is 1. The van der Waals surface area contributed by atoms with Crippen molar-refractivity contribution in [2.75, 3.05) is 5.73 Å². The molecule has 2 aromatic heterocycles. The van der Waals surface area contributed by atoms with Crippen LogP contribution in [0.3, 0.4) is 0 Å². The van der Waals surface area contributed by atoms with E-state index in [0.717, 1.165) is 7.48 Å². The first kappa shape index (κ1) is 13.4. The van der Waals surface area contributed by atoms with Crippen molar-refractivity contribution in [3.05, 3.63) is 12.7 Å². The number of aliphatic carboxylic acids is 1. The van der Waals surface area contributed by atoms with Crippen molar-refractivity contribution in [2.24, 2.45) is 0 Å². The Balaban J connectivity index is 1.67. The van der Waals surface area contributed by atoms with Gasteiger partial charge in [-0.3, -0.25) is 4.57 Å². The monoisotopic (exact) mass is 304 g/mol. The summed E-state index contributed by atoms with van der Waals surface area (Å²) in [7, 11) is 1.15. The Labute approximate surface area is 124 Å². The molecule has 2 saturated heterocycles. The molecule has 0 bridgehead atoms. The number of anilines is 1. The zero-order valence-electron chi connectivity index (χ0n) is 11.2. The quantitative estimate of drug-likeness (QED) is 0.454. The van der Waals surface area contributed by atoms with Crippen molar-refractivity contribution in [3.8, 4) is 0 Å². The second-order valence-electron chi connectivity index (χ2n) is 5.23. The van der Waals surface area contributed by atoms with E-state index in [2.05, 4.69) is 15.0 Å².